The lowest BCUT2D eigenvalue weighted by atomic mass is 10.1. The average molecular weight is 458 g/mol. The predicted molar refractivity (Wildman–Crippen MR) is 124 cm³/mol. The smallest absolute Gasteiger partial charge is 0.274 e. The molecule has 32 heavy (non-hydrogen) atoms. The maximum Gasteiger partial charge on any atom is 0.274 e. The first-order chi connectivity index (χ1) is 15.4. The van der Waals surface area contributed by atoms with Crippen LogP contribution in [0.3, 0.4) is 0 Å². The zero-order valence-corrected chi connectivity index (χ0v) is 19.4. The van der Waals surface area contributed by atoms with E-state index in [4.69, 9.17) is 16.3 Å². The van der Waals surface area contributed by atoms with E-state index < -0.39 is 0 Å². The van der Waals surface area contributed by atoms with Gasteiger partial charge in [0, 0.05) is 36.6 Å². The van der Waals surface area contributed by atoms with Gasteiger partial charge in [0.2, 0.25) is 5.43 Å². The van der Waals surface area contributed by atoms with E-state index in [0.29, 0.717) is 43.4 Å². The van der Waals surface area contributed by atoms with Crippen molar-refractivity contribution >= 4 is 28.4 Å². The molecular formula is C23H28ClN5O3. The summed E-state index contributed by atoms with van der Waals surface area (Å²) in [6.07, 6.45) is 4.55. The maximum atomic E-state index is 13.3. The Hall–Kier alpha value is -2.87. The lowest BCUT2D eigenvalue weighted by Crippen LogP contribution is -2.46. The van der Waals surface area contributed by atoms with E-state index in [0.717, 1.165) is 35.1 Å². The topological polar surface area (TPSA) is 93.1 Å². The van der Waals surface area contributed by atoms with Crippen LogP contribution in [0.2, 0.25) is 5.15 Å². The van der Waals surface area contributed by atoms with Gasteiger partial charge in [0.1, 0.15) is 5.15 Å². The third-order valence-electron chi connectivity index (χ3n) is 5.83. The van der Waals surface area contributed by atoms with Gasteiger partial charge >= 0.3 is 0 Å². The number of hydrogen-bond donors (Lipinski definition) is 1. The lowest BCUT2D eigenvalue weighted by molar-refractivity contribution is 0.0637. The number of unbranched alkanes of at least 4 members (excludes halogenated alkanes) is 1. The number of fused-ring (bicyclic) bond motifs is 2. The van der Waals surface area contributed by atoms with Crippen molar-refractivity contribution in [2.45, 2.75) is 59.0 Å². The Morgan fingerprint density at radius 2 is 2.03 bits per heavy atom. The van der Waals surface area contributed by atoms with Crippen LogP contribution in [0.15, 0.2) is 23.1 Å². The second kappa shape index (κ2) is 9.32. The van der Waals surface area contributed by atoms with Crippen molar-refractivity contribution in [3.8, 4) is 5.75 Å². The largest absolute Gasteiger partial charge is 0.487 e. The Morgan fingerprint density at radius 1 is 1.22 bits per heavy atom. The summed E-state index contributed by atoms with van der Waals surface area (Å²) < 4.78 is 7.77. The minimum atomic E-state index is -0.253. The number of aromatic amines is 1. The summed E-state index contributed by atoms with van der Waals surface area (Å²) in [6, 6.07) is 3.56. The molecule has 1 amide bonds. The van der Waals surface area contributed by atoms with Gasteiger partial charge in [0.05, 0.1) is 23.7 Å². The van der Waals surface area contributed by atoms with Crippen LogP contribution in [0.5, 0.6) is 5.75 Å². The number of pyridine rings is 2. The SMILES string of the molecule is CCCCOc1c2n(c(CCc3cc4[nH]ncc4c(Cl)n3)cc1=O)CCN(C(C)C)C2=O. The average Bonchev–Trinajstić information content (AvgIpc) is 3.23. The van der Waals surface area contributed by atoms with Gasteiger partial charge in [0.15, 0.2) is 11.4 Å². The molecule has 3 aromatic rings. The monoisotopic (exact) mass is 457 g/mol. The summed E-state index contributed by atoms with van der Waals surface area (Å²) in [6.45, 7) is 7.65. The Balaban J connectivity index is 1.68. The van der Waals surface area contributed by atoms with Crippen molar-refractivity contribution < 1.29 is 9.53 Å². The van der Waals surface area contributed by atoms with Crippen LogP contribution < -0.4 is 10.2 Å². The van der Waals surface area contributed by atoms with E-state index in [9.17, 15) is 9.59 Å². The Kier molecular flexibility index (Phi) is 6.50. The number of halogens is 1. The van der Waals surface area contributed by atoms with Crippen LogP contribution in [0.4, 0.5) is 0 Å². The molecule has 170 valence electrons. The van der Waals surface area contributed by atoms with Crippen molar-refractivity contribution in [2.75, 3.05) is 13.2 Å². The maximum absolute atomic E-state index is 13.3. The fraction of sp³-hybridized carbons (Fsp3) is 0.478. The van der Waals surface area contributed by atoms with Crippen molar-refractivity contribution in [1.29, 1.82) is 0 Å². The van der Waals surface area contributed by atoms with Crippen LogP contribution in [0.1, 0.15) is 55.5 Å². The molecule has 0 unspecified atom stereocenters. The lowest BCUT2D eigenvalue weighted by Gasteiger charge is -2.35. The molecule has 0 bridgehead atoms. The first-order valence-corrected chi connectivity index (χ1v) is 11.5. The van der Waals surface area contributed by atoms with Gasteiger partial charge in [-0.25, -0.2) is 4.98 Å². The quantitative estimate of drug-likeness (QED) is 0.412. The number of carbonyl (C=O) groups excluding carboxylic acids is 1. The second-order valence-corrected chi connectivity index (χ2v) is 8.72. The van der Waals surface area contributed by atoms with Crippen LogP contribution in [-0.4, -0.2) is 49.7 Å². The molecule has 1 N–H and O–H groups in total. The van der Waals surface area contributed by atoms with Gasteiger partial charge in [0.25, 0.3) is 5.91 Å². The number of ether oxygens (including phenoxy) is 1. The number of nitrogens with one attached hydrogen (secondary N) is 1. The standard InChI is InChI=1S/C23H28ClN5O3/c1-4-5-10-32-21-19(30)12-16(29-9-8-28(14(2)3)23(31)20(21)29)7-6-15-11-18-17(13-25-27-18)22(24)26-15/h11-14H,4-10H2,1-3H3,(H,25,27). The molecule has 0 aromatic carbocycles. The minimum Gasteiger partial charge on any atom is -0.487 e. The van der Waals surface area contributed by atoms with E-state index in [1.165, 1.54) is 0 Å². The highest BCUT2D eigenvalue weighted by Crippen LogP contribution is 2.25. The van der Waals surface area contributed by atoms with Gasteiger partial charge in [-0.2, -0.15) is 5.10 Å². The highest BCUT2D eigenvalue weighted by atomic mass is 35.5. The Labute approximate surface area is 191 Å². The molecule has 9 heteroatoms. The molecule has 0 radical (unpaired) electrons. The van der Waals surface area contributed by atoms with E-state index in [-0.39, 0.29) is 23.1 Å². The third-order valence-corrected chi connectivity index (χ3v) is 6.12. The number of H-pyrrole nitrogens is 1. The van der Waals surface area contributed by atoms with Gasteiger partial charge < -0.3 is 14.2 Å². The first-order valence-electron chi connectivity index (χ1n) is 11.1. The highest BCUT2D eigenvalue weighted by molar-refractivity contribution is 6.34. The summed E-state index contributed by atoms with van der Waals surface area (Å²) in [5.74, 6) is 0.00865. The van der Waals surface area contributed by atoms with Crippen molar-refractivity contribution in [3.63, 3.8) is 0 Å². The molecule has 0 saturated heterocycles. The van der Waals surface area contributed by atoms with Crippen molar-refractivity contribution in [3.05, 3.63) is 50.8 Å². The Morgan fingerprint density at radius 3 is 2.78 bits per heavy atom. The zero-order chi connectivity index (χ0) is 22.8. The predicted octanol–water partition coefficient (Wildman–Crippen LogP) is 3.60. The normalized spacial score (nSPS) is 13.8. The zero-order valence-electron chi connectivity index (χ0n) is 18.7. The molecule has 1 aliphatic rings. The highest BCUT2D eigenvalue weighted by Gasteiger charge is 2.32. The molecular weight excluding hydrogens is 430 g/mol. The van der Waals surface area contributed by atoms with Crippen LogP contribution in [0.25, 0.3) is 10.9 Å². The molecule has 0 atom stereocenters. The molecule has 0 fully saturated rings. The van der Waals surface area contributed by atoms with Gasteiger partial charge in [-0.1, -0.05) is 24.9 Å². The molecule has 0 saturated carbocycles. The fourth-order valence-corrected chi connectivity index (χ4v) is 4.35. The summed E-state index contributed by atoms with van der Waals surface area (Å²) in [5, 5.41) is 8.10. The van der Waals surface area contributed by atoms with Gasteiger partial charge in [-0.15, -0.1) is 0 Å². The number of carbonyl (C=O) groups is 1. The molecule has 4 heterocycles. The van der Waals surface area contributed by atoms with Crippen LogP contribution in [0, 0.1) is 0 Å². The summed E-state index contributed by atoms with van der Waals surface area (Å²) in [5.41, 5.74) is 2.52. The van der Waals surface area contributed by atoms with Gasteiger partial charge in [-0.05, 0) is 39.2 Å². The van der Waals surface area contributed by atoms with Crippen molar-refractivity contribution in [1.82, 2.24) is 24.6 Å². The van der Waals surface area contributed by atoms with Crippen LogP contribution >= 0.6 is 11.6 Å². The van der Waals surface area contributed by atoms with E-state index in [2.05, 4.69) is 22.1 Å². The second-order valence-electron chi connectivity index (χ2n) is 8.36. The first kappa shape index (κ1) is 22.3. The van der Waals surface area contributed by atoms with Gasteiger partial charge in [-0.3, -0.25) is 14.7 Å². The van der Waals surface area contributed by atoms with Crippen molar-refractivity contribution in [2.24, 2.45) is 0 Å². The molecule has 0 spiro atoms. The minimum absolute atomic E-state index is 0.0472. The number of hydrogen-bond acceptors (Lipinski definition) is 5. The number of aromatic nitrogens is 4. The summed E-state index contributed by atoms with van der Waals surface area (Å²) >= 11 is 6.28. The number of rotatable bonds is 8. The van der Waals surface area contributed by atoms with E-state index in [1.807, 2.05) is 24.5 Å². The molecule has 3 aromatic heterocycles. The molecule has 4 rings (SSSR count). The molecule has 8 nitrogen and oxygen atoms in total. The number of nitrogens with zero attached hydrogens (tertiary/aromatic N) is 4. The Bertz CT molecular complexity index is 1200. The number of aryl methyl sites for hydroxylation is 2. The molecule has 1 aliphatic heterocycles. The number of amides is 1. The van der Waals surface area contributed by atoms with E-state index >= 15 is 0 Å². The molecule has 0 aliphatic carbocycles. The van der Waals surface area contributed by atoms with E-state index in [1.54, 1.807) is 17.2 Å². The summed E-state index contributed by atoms with van der Waals surface area (Å²) in [4.78, 5) is 32.5. The van der Waals surface area contributed by atoms with Crippen LogP contribution in [-0.2, 0) is 19.4 Å². The fourth-order valence-electron chi connectivity index (χ4n) is 4.09. The summed E-state index contributed by atoms with van der Waals surface area (Å²) in [7, 11) is 0. The third kappa shape index (κ3) is 4.24.